The van der Waals surface area contributed by atoms with Crippen LogP contribution in [0.15, 0.2) is 5.51 Å². The summed E-state index contributed by atoms with van der Waals surface area (Å²) < 4.78 is 0. The number of hydrogen-bond acceptors (Lipinski definition) is 3. The Morgan fingerprint density at radius 2 is 2.47 bits per heavy atom. The zero-order chi connectivity index (χ0) is 12.1. The van der Waals surface area contributed by atoms with E-state index in [-0.39, 0.29) is 11.8 Å². The number of fused-ring (bicyclic) bond motifs is 1. The maximum absolute atomic E-state index is 12.0. The Balaban J connectivity index is 1.78. The molecular weight excluding hydrogens is 232 g/mol. The molecular formula is C13H20N2OS. The van der Waals surface area contributed by atoms with Crippen molar-refractivity contribution in [3.63, 3.8) is 0 Å². The summed E-state index contributed by atoms with van der Waals surface area (Å²) in [7, 11) is 0. The van der Waals surface area contributed by atoms with Crippen LogP contribution >= 0.6 is 11.3 Å². The quantitative estimate of drug-likeness (QED) is 0.818. The molecule has 0 aromatic carbocycles. The van der Waals surface area contributed by atoms with Gasteiger partial charge in [0.2, 0.25) is 5.91 Å². The van der Waals surface area contributed by atoms with Crippen LogP contribution in [0.25, 0.3) is 0 Å². The van der Waals surface area contributed by atoms with Crippen LogP contribution in [-0.4, -0.2) is 17.4 Å². The van der Waals surface area contributed by atoms with E-state index in [0.717, 1.165) is 32.2 Å². The lowest BCUT2D eigenvalue weighted by Gasteiger charge is -2.20. The normalized spacial score (nSPS) is 18.8. The van der Waals surface area contributed by atoms with Crippen molar-refractivity contribution in [2.75, 3.05) is 6.54 Å². The molecule has 17 heavy (non-hydrogen) atoms. The minimum absolute atomic E-state index is 0.171. The number of aromatic nitrogens is 1. The number of carbonyl (C=O) groups excluding carboxylic acids is 1. The highest BCUT2D eigenvalue weighted by atomic mass is 32.1. The average Bonchev–Trinajstić information content (AvgIpc) is 2.81. The number of carbonyl (C=O) groups is 1. The van der Waals surface area contributed by atoms with Gasteiger partial charge in [0.15, 0.2) is 0 Å². The number of nitrogens with one attached hydrogen (secondary N) is 1. The molecule has 0 aliphatic heterocycles. The lowest BCUT2D eigenvalue weighted by atomic mass is 9.90. The molecule has 0 radical (unpaired) electrons. The summed E-state index contributed by atoms with van der Waals surface area (Å²) in [6.45, 7) is 3.01. The van der Waals surface area contributed by atoms with Crippen molar-refractivity contribution in [3.05, 3.63) is 16.1 Å². The lowest BCUT2D eigenvalue weighted by Crippen LogP contribution is -2.34. The fourth-order valence-corrected chi connectivity index (χ4v) is 3.15. The van der Waals surface area contributed by atoms with Crippen molar-refractivity contribution < 1.29 is 4.79 Å². The third kappa shape index (κ3) is 3.28. The van der Waals surface area contributed by atoms with Gasteiger partial charge in [0.25, 0.3) is 0 Å². The number of amides is 1. The van der Waals surface area contributed by atoms with Gasteiger partial charge < -0.3 is 5.32 Å². The Labute approximate surface area is 107 Å². The summed E-state index contributed by atoms with van der Waals surface area (Å²) in [4.78, 5) is 17.6. The molecule has 1 atom stereocenters. The van der Waals surface area contributed by atoms with Crippen LogP contribution in [0, 0.1) is 5.92 Å². The van der Waals surface area contributed by atoms with E-state index in [1.807, 2.05) is 5.51 Å². The minimum Gasteiger partial charge on any atom is -0.356 e. The van der Waals surface area contributed by atoms with Crippen LogP contribution in [0.4, 0.5) is 0 Å². The van der Waals surface area contributed by atoms with Gasteiger partial charge >= 0.3 is 0 Å². The molecule has 1 heterocycles. The molecule has 1 N–H and O–H groups in total. The molecule has 4 heteroatoms. The van der Waals surface area contributed by atoms with E-state index >= 15 is 0 Å². The molecule has 2 rings (SSSR count). The van der Waals surface area contributed by atoms with Crippen LogP contribution in [-0.2, 0) is 17.6 Å². The number of rotatable bonds is 5. The maximum Gasteiger partial charge on any atom is 0.223 e. The topological polar surface area (TPSA) is 42.0 Å². The molecule has 1 amide bonds. The first-order chi connectivity index (χ1) is 8.31. The van der Waals surface area contributed by atoms with E-state index in [2.05, 4.69) is 17.2 Å². The predicted molar refractivity (Wildman–Crippen MR) is 70.2 cm³/mol. The van der Waals surface area contributed by atoms with Gasteiger partial charge in [-0.15, -0.1) is 11.3 Å². The van der Waals surface area contributed by atoms with Gasteiger partial charge in [-0.3, -0.25) is 4.79 Å². The highest BCUT2D eigenvalue weighted by Gasteiger charge is 2.25. The van der Waals surface area contributed by atoms with Crippen LogP contribution in [0.1, 0.15) is 43.2 Å². The number of hydrogen-bond donors (Lipinski definition) is 1. The van der Waals surface area contributed by atoms with Crippen LogP contribution in [0.3, 0.4) is 0 Å². The van der Waals surface area contributed by atoms with Gasteiger partial charge in [0, 0.05) is 17.3 Å². The molecule has 0 saturated heterocycles. The zero-order valence-electron chi connectivity index (χ0n) is 10.4. The Kier molecular flexibility index (Phi) is 4.54. The second-order valence-corrected chi connectivity index (χ2v) is 5.60. The van der Waals surface area contributed by atoms with Crippen molar-refractivity contribution in [3.8, 4) is 0 Å². The van der Waals surface area contributed by atoms with Gasteiger partial charge in [0.05, 0.1) is 11.2 Å². The van der Waals surface area contributed by atoms with Crippen molar-refractivity contribution in [2.24, 2.45) is 5.92 Å². The summed E-state index contributed by atoms with van der Waals surface area (Å²) in [5, 5.41) is 3.06. The van der Waals surface area contributed by atoms with E-state index in [1.165, 1.54) is 23.4 Å². The monoisotopic (exact) mass is 252 g/mol. The largest absolute Gasteiger partial charge is 0.356 e. The zero-order valence-corrected chi connectivity index (χ0v) is 11.2. The van der Waals surface area contributed by atoms with E-state index in [0.29, 0.717) is 0 Å². The van der Waals surface area contributed by atoms with Gasteiger partial charge in [-0.2, -0.15) is 0 Å². The SMILES string of the molecule is CCCCCNC(=O)C1CCc2ncsc2C1. The predicted octanol–water partition coefficient (Wildman–Crippen LogP) is 2.55. The molecule has 1 aromatic rings. The van der Waals surface area contributed by atoms with E-state index < -0.39 is 0 Å². The fourth-order valence-electron chi connectivity index (χ4n) is 2.26. The summed E-state index contributed by atoms with van der Waals surface area (Å²) in [6.07, 6.45) is 6.30. The molecule has 1 unspecified atom stereocenters. The summed E-state index contributed by atoms with van der Waals surface area (Å²) in [5.74, 6) is 0.407. The molecule has 3 nitrogen and oxygen atoms in total. The smallest absolute Gasteiger partial charge is 0.223 e. The number of nitrogens with zero attached hydrogens (tertiary/aromatic N) is 1. The van der Waals surface area contributed by atoms with Gasteiger partial charge in [-0.05, 0) is 25.7 Å². The molecule has 0 bridgehead atoms. The van der Waals surface area contributed by atoms with Crippen molar-refractivity contribution in [1.29, 1.82) is 0 Å². The molecule has 1 aromatic heterocycles. The maximum atomic E-state index is 12.0. The molecule has 0 spiro atoms. The first kappa shape index (κ1) is 12.6. The van der Waals surface area contributed by atoms with E-state index in [4.69, 9.17) is 0 Å². The highest BCUT2D eigenvalue weighted by Crippen LogP contribution is 2.27. The van der Waals surface area contributed by atoms with Gasteiger partial charge in [-0.25, -0.2) is 4.98 Å². The average molecular weight is 252 g/mol. The van der Waals surface area contributed by atoms with Crippen LogP contribution < -0.4 is 5.32 Å². The first-order valence-electron chi connectivity index (χ1n) is 6.50. The molecule has 0 saturated carbocycles. The lowest BCUT2D eigenvalue weighted by molar-refractivity contribution is -0.125. The fraction of sp³-hybridized carbons (Fsp3) is 0.692. The third-order valence-electron chi connectivity index (χ3n) is 3.34. The van der Waals surface area contributed by atoms with E-state index in [1.54, 1.807) is 11.3 Å². The molecule has 1 aliphatic carbocycles. The summed E-state index contributed by atoms with van der Waals surface area (Å²) in [6, 6.07) is 0. The first-order valence-corrected chi connectivity index (χ1v) is 7.38. The Bertz CT molecular complexity index is 375. The third-order valence-corrected chi connectivity index (χ3v) is 4.23. The molecule has 94 valence electrons. The van der Waals surface area contributed by atoms with Gasteiger partial charge in [0.1, 0.15) is 0 Å². The van der Waals surface area contributed by atoms with Crippen LogP contribution in [0.5, 0.6) is 0 Å². The van der Waals surface area contributed by atoms with Crippen LogP contribution in [0.2, 0.25) is 0 Å². The molecule has 0 fully saturated rings. The van der Waals surface area contributed by atoms with Gasteiger partial charge in [-0.1, -0.05) is 19.8 Å². The number of aryl methyl sites for hydroxylation is 1. The second kappa shape index (κ2) is 6.15. The Morgan fingerprint density at radius 1 is 1.59 bits per heavy atom. The molecule has 1 aliphatic rings. The van der Waals surface area contributed by atoms with Crippen molar-refractivity contribution >= 4 is 17.2 Å². The highest BCUT2D eigenvalue weighted by molar-refractivity contribution is 7.09. The van der Waals surface area contributed by atoms with Crippen molar-refractivity contribution in [2.45, 2.75) is 45.4 Å². The summed E-state index contributed by atoms with van der Waals surface area (Å²) in [5.41, 5.74) is 3.11. The number of thiazole rings is 1. The second-order valence-electron chi connectivity index (χ2n) is 4.66. The number of unbranched alkanes of at least 4 members (excludes halogenated alkanes) is 2. The van der Waals surface area contributed by atoms with Crippen molar-refractivity contribution in [1.82, 2.24) is 10.3 Å². The summed E-state index contributed by atoms with van der Waals surface area (Å²) >= 11 is 1.69. The minimum atomic E-state index is 0.171. The standard InChI is InChI=1S/C13H20N2OS/c1-2-3-4-7-14-13(16)10-5-6-11-12(8-10)17-9-15-11/h9-10H,2-8H2,1H3,(H,14,16). The Morgan fingerprint density at radius 3 is 3.29 bits per heavy atom. The Hall–Kier alpha value is -0.900. The van der Waals surface area contributed by atoms with E-state index in [9.17, 15) is 4.79 Å².